The van der Waals surface area contributed by atoms with Crippen LogP contribution in [0.4, 0.5) is 0 Å². The molecule has 1 N–H and O–H groups in total. The Morgan fingerprint density at radius 1 is 1.44 bits per heavy atom. The summed E-state index contributed by atoms with van der Waals surface area (Å²) in [6.45, 7) is 0.349. The van der Waals surface area contributed by atoms with Crippen molar-refractivity contribution in [3.05, 3.63) is 12.4 Å². The predicted molar refractivity (Wildman–Crippen MR) is 66.4 cm³/mol. The molecule has 1 aliphatic rings. The van der Waals surface area contributed by atoms with E-state index in [1.165, 1.54) is 21.4 Å². The number of sulfonamides is 1. The van der Waals surface area contributed by atoms with E-state index in [1.54, 1.807) is 7.05 Å². The molecule has 1 saturated heterocycles. The Morgan fingerprint density at radius 2 is 2.22 bits per heavy atom. The summed E-state index contributed by atoms with van der Waals surface area (Å²) in [7, 11) is -1.85. The summed E-state index contributed by atoms with van der Waals surface area (Å²) in [5.41, 5.74) is 0. The lowest BCUT2D eigenvalue weighted by molar-refractivity contribution is 0.186. The van der Waals surface area contributed by atoms with Crippen LogP contribution in [0.2, 0.25) is 0 Å². The Kier molecular flexibility index (Phi) is 4.04. The van der Waals surface area contributed by atoms with Crippen LogP contribution in [0.3, 0.4) is 0 Å². The number of aliphatic hydroxyl groups is 1. The first-order valence-corrected chi connectivity index (χ1v) is 7.61. The summed E-state index contributed by atoms with van der Waals surface area (Å²) in [6.07, 6.45) is 6.38. The summed E-state index contributed by atoms with van der Waals surface area (Å²) >= 11 is 0. The van der Waals surface area contributed by atoms with Gasteiger partial charge in [-0.2, -0.15) is 9.40 Å². The third kappa shape index (κ3) is 2.57. The second-order valence-electron chi connectivity index (χ2n) is 4.65. The van der Waals surface area contributed by atoms with Crippen LogP contribution < -0.4 is 0 Å². The van der Waals surface area contributed by atoms with Gasteiger partial charge in [0, 0.05) is 25.8 Å². The van der Waals surface area contributed by atoms with Crippen molar-refractivity contribution in [2.24, 2.45) is 7.05 Å². The number of hydrogen-bond acceptors (Lipinski definition) is 4. The lowest BCUT2D eigenvalue weighted by Crippen LogP contribution is -2.41. The van der Waals surface area contributed by atoms with E-state index in [9.17, 15) is 13.5 Å². The molecule has 0 spiro atoms. The molecule has 1 atom stereocenters. The largest absolute Gasteiger partial charge is 0.395 e. The van der Waals surface area contributed by atoms with Crippen LogP contribution >= 0.6 is 0 Å². The van der Waals surface area contributed by atoms with Gasteiger partial charge in [-0.1, -0.05) is 12.8 Å². The zero-order chi connectivity index (χ0) is 13.2. The molecule has 7 heteroatoms. The lowest BCUT2D eigenvalue weighted by Gasteiger charge is -2.26. The highest BCUT2D eigenvalue weighted by Gasteiger charge is 2.32. The van der Waals surface area contributed by atoms with Crippen molar-refractivity contribution >= 4 is 10.0 Å². The van der Waals surface area contributed by atoms with Crippen LogP contribution in [0.25, 0.3) is 0 Å². The van der Waals surface area contributed by atoms with Gasteiger partial charge >= 0.3 is 0 Å². The molecule has 1 aromatic heterocycles. The second-order valence-corrected chi connectivity index (χ2v) is 6.54. The van der Waals surface area contributed by atoms with E-state index in [4.69, 9.17) is 0 Å². The van der Waals surface area contributed by atoms with Crippen LogP contribution in [0.15, 0.2) is 17.3 Å². The van der Waals surface area contributed by atoms with Gasteiger partial charge in [-0.3, -0.25) is 4.68 Å². The molecule has 6 nitrogen and oxygen atoms in total. The molecule has 2 heterocycles. The molecule has 0 amide bonds. The third-order valence-electron chi connectivity index (χ3n) is 3.32. The van der Waals surface area contributed by atoms with Gasteiger partial charge in [0.1, 0.15) is 4.90 Å². The fraction of sp³-hybridized carbons (Fsp3) is 0.727. The van der Waals surface area contributed by atoms with Gasteiger partial charge in [0.05, 0.1) is 12.8 Å². The first kappa shape index (κ1) is 13.5. The van der Waals surface area contributed by atoms with Crippen LogP contribution in [-0.4, -0.2) is 46.8 Å². The molecule has 0 saturated carbocycles. The standard InChI is InChI=1S/C11H19N3O3S/c1-13-8-11(7-12-13)18(16,17)14-6-4-2-3-5-10(14)9-15/h7-8,10,15H,2-6,9H2,1H3. The Labute approximate surface area is 107 Å². The summed E-state index contributed by atoms with van der Waals surface area (Å²) in [5, 5.41) is 13.3. The van der Waals surface area contributed by atoms with Crippen molar-refractivity contribution in [2.45, 2.75) is 36.6 Å². The molecule has 102 valence electrons. The Morgan fingerprint density at radius 3 is 2.83 bits per heavy atom. The monoisotopic (exact) mass is 273 g/mol. The molecule has 18 heavy (non-hydrogen) atoms. The van der Waals surface area contributed by atoms with Crippen molar-refractivity contribution in [1.82, 2.24) is 14.1 Å². The first-order chi connectivity index (χ1) is 8.55. The summed E-state index contributed by atoms with van der Waals surface area (Å²) in [5.74, 6) is 0. The molecule has 0 bridgehead atoms. The highest BCUT2D eigenvalue weighted by atomic mass is 32.2. The lowest BCUT2D eigenvalue weighted by atomic mass is 10.1. The first-order valence-electron chi connectivity index (χ1n) is 6.17. The van der Waals surface area contributed by atoms with Crippen molar-refractivity contribution in [2.75, 3.05) is 13.2 Å². The van der Waals surface area contributed by atoms with Gasteiger partial charge < -0.3 is 5.11 Å². The SMILES string of the molecule is Cn1cc(S(=O)(=O)N2CCCCCC2CO)cn1. The maximum absolute atomic E-state index is 12.5. The van der Waals surface area contributed by atoms with E-state index < -0.39 is 10.0 Å². The van der Waals surface area contributed by atoms with Crippen LogP contribution in [0, 0.1) is 0 Å². The summed E-state index contributed by atoms with van der Waals surface area (Å²) < 4.78 is 27.9. The quantitative estimate of drug-likeness (QED) is 0.862. The van der Waals surface area contributed by atoms with Crippen LogP contribution in [0.1, 0.15) is 25.7 Å². The zero-order valence-corrected chi connectivity index (χ0v) is 11.3. The zero-order valence-electron chi connectivity index (χ0n) is 10.5. The normalized spacial score (nSPS) is 22.9. The van der Waals surface area contributed by atoms with Crippen molar-refractivity contribution in [3.8, 4) is 0 Å². The van der Waals surface area contributed by atoms with E-state index in [2.05, 4.69) is 5.10 Å². The maximum atomic E-state index is 12.5. The molecule has 2 rings (SSSR count). The number of rotatable bonds is 3. The van der Waals surface area contributed by atoms with Crippen LogP contribution in [-0.2, 0) is 17.1 Å². The van der Waals surface area contributed by atoms with Crippen molar-refractivity contribution in [3.63, 3.8) is 0 Å². The number of aliphatic hydroxyl groups excluding tert-OH is 1. The maximum Gasteiger partial charge on any atom is 0.246 e. The number of hydrogen-bond donors (Lipinski definition) is 1. The molecule has 0 aliphatic carbocycles. The van der Waals surface area contributed by atoms with Gasteiger partial charge in [-0.05, 0) is 12.8 Å². The van der Waals surface area contributed by atoms with E-state index in [1.807, 2.05) is 0 Å². The average Bonchev–Trinajstić information content (AvgIpc) is 2.65. The third-order valence-corrected chi connectivity index (χ3v) is 5.23. The molecular formula is C11H19N3O3S. The topological polar surface area (TPSA) is 75.4 Å². The van der Waals surface area contributed by atoms with E-state index in [0.717, 1.165) is 25.7 Å². The highest BCUT2D eigenvalue weighted by Crippen LogP contribution is 2.24. The highest BCUT2D eigenvalue weighted by molar-refractivity contribution is 7.89. The number of aryl methyl sites for hydroxylation is 1. The van der Waals surface area contributed by atoms with Gasteiger partial charge in [0.2, 0.25) is 10.0 Å². The van der Waals surface area contributed by atoms with Crippen molar-refractivity contribution < 1.29 is 13.5 Å². The Bertz CT molecular complexity index is 497. The van der Waals surface area contributed by atoms with E-state index >= 15 is 0 Å². The van der Waals surface area contributed by atoms with Crippen LogP contribution in [0.5, 0.6) is 0 Å². The van der Waals surface area contributed by atoms with Gasteiger partial charge in [0.15, 0.2) is 0 Å². The second kappa shape index (κ2) is 5.38. The molecular weight excluding hydrogens is 254 g/mol. The average molecular weight is 273 g/mol. The molecule has 1 aliphatic heterocycles. The van der Waals surface area contributed by atoms with E-state index in [-0.39, 0.29) is 17.5 Å². The molecule has 0 radical (unpaired) electrons. The Hall–Kier alpha value is -0.920. The summed E-state index contributed by atoms with van der Waals surface area (Å²) in [6, 6.07) is -0.308. The van der Waals surface area contributed by atoms with Gasteiger partial charge in [0.25, 0.3) is 0 Å². The minimum atomic E-state index is -3.54. The molecule has 1 aromatic rings. The molecule has 1 fully saturated rings. The number of nitrogens with zero attached hydrogens (tertiary/aromatic N) is 3. The fourth-order valence-corrected chi connectivity index (χ4v) is 3.99. The minimum absolute atomic E-state index is 0.126. The predicted octanol–water partition coefficient (Wildman–Crippen LogP) is 0.346. The molecule has 0 aromatic carbocycles. The number of aromatic nitrogens is 2. The minimum Gasteiger partial charge on any atom is -0.395 e. The summed E-state index contributed by atoms with van der Waals surface area (Å²) in [4.78, 5) is 0.199. The Balaban J connectivity index is 2.32. The smallest absolute Gasteiger partial charge is 0.246 e. The fourth-order valence-electron chi connectivity index (χ4n) is 2.32. The van der Waals surface area contributed by atoms with E-state index in [0.29, 0.717) is 6.54 Å². The molecule has 1 unspecified atom stereocenters. The van der Waals surface area contributed by atoms with Gasteiger partial charge in [-0.25, -0.2) is 8.42 Å². The van der Waals surface area contributed by atoms with Gasteiger partial charge in [-0.15, -0.1) is 0 Å². The van der Waals surface area contributed by atoms with Crippen molar-refractivity contribution in [1.29, 1.82) is 0 Å².